The fraction of sp³-hybridized carbons (Fsp3) is 0.641. The third-order valence-electron chi connectivity index (χ3n) is 12.1. The maximum Gasteiger partial charge on any atom is 0.220 e. The maximum absolute atomic E-state index is 12.5. The predicted octanol–water partition coefficient (Wildman–Crippen LogP) is 19.0. The molecule has 0 saturated heterocycles. The van der Waals surface area contributed by atoms with Crippen molar-refractivity contribution in [3.63, 3.8) is 0 Å². The summed E-state index contributed by atoms with van der Waals surface area (Å²) < 4.78 is 0. The van der Waals surface area contributed by atoms with Crippen LogP contribution in [0.25, 0.3) is 0 Å². The molecule has 0 aromatic heterocycles. The molecule has 2 atom stereocenters. The van der Waals surface area contributed by atoms with E-state index in [4.69, 9.17) is 0 Å². The molecule has 0 fully saturated rings. The monoisotopic (exact) mass is 938 g/mol. The average Bonchev–Trinajstić information content (AvgIpc) is 3.34. The largest absolute Gasteiger partial charge is 0.394 e. The van der Waals surface area contributed by atoms with E-state index in [1.54, 1.807) is 6.08 Å². The first-order valence-electron chi connectivity index (χ1n) is 28.4. The van der Waals surface area contributed by atoms with Gasteiger partial charge in [-0.05, 0) is 96.3 Å². The number of hydrogen-bond acceptors (Lipinski definition) is 3. The molecular weight excluding hydrogens is 831 g/mol. The van der Waals surface area contributed by atoms with Gasteiger partial charge in [-0.1, -0.05) is 276 Å². The van der Waals surface area contributed by atoms with Gasteiger partial charge in [0.25, 0.3) is 0 Å². The molecule has 0 saturated carbocycles. The number of nitrogens with one attached hydrogen (secondary N) is 1. The molecule has 0 rings (SSSR count). The quantitative estimate of drug-likeness (QED) is 0.0420. The van der Waals surface area contributed by atoms with Crippen molar-refractivity contribution < 1.29 is 15.0 Å². The van der Waals surface area contributed by atoms with Crippen molar-refractivity contribution in [1.82, 2.24) is 5.32 Å². The summed E-state index contributed by atoms with van der Waals surface area (Å²) in [5.41, 5.74) is 0. The topological polar surface area (TPSA) is 69.6 Å². The molecule has 1 amide bonds. The molecule has 0 bridgehead atoms. The van der Waals surface area contributed by atoms with E-state index in [0.717, 1.165) is 103 Å². The van der Waals surface area contributed by atoms with Crippen molar-refractivity contribution in [1.29, 1.82) is 0 Å². The number of aliphatic hydroxyl groups is 2. The van der Waals surface area contributed by atoms with E-state index in [1.165, 1.54) is 122 Å². The Kier molecular flexibility index (Phi) is 54.9. The van der Waals surface area contributed by atoms with Gasteiger partial charge in [-0.25, -0.2) is 0 Å². The SMILES string of the molecule is CC/C=C\C/C=C\C/C=C\C/C=C\C/C=C\C/C=C\C/C=C\C/C=C\C/C=C\C/C=C\CCCCCCCCC(=O)NC(CO)C(O)/C=C/CCCCCCCCCCCCCCCCCCC. The molecule has 0 aliphatic heterocycles. The minimum atomic E-state index is -0.855. The summed E-state index contributed by atoms with van der Waals surface area (Å²) in [6, 6.07) is -0.640. The van der Waals surface area contributed by atoms with Gasteiger partial charge in [0.15, 0.2) is 0 Å². The van der Waals surface area contributed by atoms with Crippen LogP contribution in [0.15, 0.2) is 134 Å². The Morgan fingerprint density at radius 1 is 0.368 bits per heavy atom. The van der Waals surface area contributed by atoms with Crippen LogP contribution >= 0.6 is 0 Å². The van der Waals surface area contributed by atoms with Crippen molar-refractivity contribution in [2.45, 2.75) is 257 Å². The fourth-order valence-electron chi connectivity index (χ4n) is 7.85. The number of carbonyl (C=O) groups excluding carboxylic acids is 1. The van der Waals surface area contributed by atoms with Crippen LogP contribution in [-0.4, -0.2) is 34.9 Å². The van der Waals surface area contributed by atoms with Gasteiger partial charge in [0, 0.05) is 6.42 Å². The zero-order valence-corrected chi connectivity index (χ0v) is 44.3. The molecule has 68 heavy (non-hydrogen) atoms. The highest BCUT2D eigenvalue weighted by Crippen LogP contribution is 2.15. The van der Waals surface area contributed by atoms with E-state index in [9.17, 15) is 15.0 Å². The summed E-state index contributed by atoms with van der Waals surface area (Å²) in [5.74, 6) is -0.0829. The van der Waals surface area contributed by atoms with Gasteiger partial charge in [-0.3, -0.25) is 4.79 Å². The molecule has 0 spiro atoms. The Morgan fingerprint density at radius 3 is 0.971 bits per heavy atom. The zero-order chi connectivity index (χ0) is 49.2. The van der Waals surface area contributed by atoms with Gasteiger partial charge < -0.3 is 15.5 Å². The Labute approximate surface area is 421 Å². The molecular formula is C64H107NO3. The van der Waals surface area contributed by atoms with Gasteiger partial charge in [0.1, 0.15) is 0 Å². The molecule has 386 valence electrons. The molecule has 2 unspecified atom stereocenters. The molecule has 0 aromatic rings. The number of allylic oxidation sites excluding steroid dienone is 21. The first-order valence-corrected chi connectivity index (χ1v) is 28.4. The lowest BCUT2D eigenvalue weighted by atomic mass is 10.0. The third kappa shape index (κ3) is 53.5. The summed E-state index contributed by atoms with van der Waals surface area (Å²) in [6.45, 7) is 4.19. The Balaban J connectivity index is 3.66. The van der Waals surface area contributed by atoms with Crippen molar-refractivity contribution in [3.8, 4) is 0 Å². The standard InChI is InChI=1S/C64H107NO3/c1-3-5-7-9-11-13-15-17-19-21-23-24-25-26-27-28-29-30-31-32-33-34-35-36-37-38-39-40-42-44-46-48-50-52-54-56-58-60-64(68)65-62(61-66)63(67)59-57-55-53-51-49-47-45-43-41-22-20-18-16-14-12-10-8-6-4-2/h5,7,11,13,17,19,23-24,26-27,29-30,32-33,35-36,38-39,42,44,57,59,62-63,66-67H,3-4,6,8-10,12,14-16,18,20-22,25,28,31,34,37,40-41,43,45-56,58,60-61H2,1-2H3,(H,65,68)/b7-5-,13-11-,19-17-,24-23-,27-26-,30-29-,33-32-,36-35-,39-38-,44-42-,59-57+. The highest BCUT2D eigenvalue weighted by Gasteiger charge is 2.18. The number of carbonyl (C=O) groups is 1. The Morgan fingerprint density at radius 2 is 0.647 bits per heavy atom. The minimum absolute atomic E-state index is 0.0829. The normalized spacial score (nSPS) is 13.9. The Bertz CT molecular complexity index is 1390. The van der Waals surface area contributed by atoms with Gasteiger partial charge in [0.05, 0.1) is 18.8 Å². The van der Waals surface area contributed by atoms with Gasteiger partial charge in [-0.15, -0.1) is 0 Å². The van der Waals surface area contributed by atoms with Crippen LogP contribution in [0.5, 0.6) is 0 Å². The minimum Gasteiger partial charge on any atom is -0.394 e. The first-order chi connectivity index (χ1) is 33.7. The van der Waals surface area contributed by atoms with Gasteiger partial charge in [-0.2, -0.15) is 0 Å². The predicted molar refractivity (Wildman–Crippen MR) is 303 cm³/mol. The average molecular weight is 939 g/mol. The maximum atomic E-state index is 12.5. The summed E-state index contributed by atoms with van der Waals surface area (Å²) in [6.07, 6.45) is 90.3. The molecule has 4 nitrogen and oxygen atoms in total. The third-order valence-corrected chi connectivity index (χ3v) is 12.1. The van der Waals surface area contributed by atoms with E-state index in [-0.39, 0.29) is 12.5 Å². The second-order valence-electron chi connectivity index (χ2n) is 18.6. The van der Waals surface area contributed by atoms with E-state index in [1.807, 2.05) is 6.08 Å². The van der Waals surface area contributed by atoms with Crippen molar-refractivity contribution >= 4 is 5.91 Å². The van der Waals surface area contributed by atoms with Crippen LogP contribution in [0, 0.1) is 0 Å². The molecule has 0 aliphatic rings. The highest BCUT2D eigenvalue weighted by atomic mass is 16.3. The second kappa shape index (κ2) is 57.8. The summed E-state index contributed by atoms with van der Waals surface area (Å²) in [5, 5.41) is 23.1. The van der Waals surface area contributed by atoms with Crippen LogP contribution in [0.1, 0.15) is 245 Å². The first kappa shape index (κ1) is 64.5. The number of rotatable bonds is 50. The molecule has 0 aromatic carbocycles. The number of amides is 1. The van der Waals surface area contributed by atoms with Crippen LogP contribution in [0.2, 0.25) is 0 Å². The lowest BCUT2D eigenvalue weighted by molar-refractivity contribution is -0.123. The smallest absolute Gasteiger partial charge is 0.220 e. The van der Waals surface area contributed by atoms with E-state index < -0.39 is 12.1 Å². The van der Waals surface area contributed by atoms with Crippen molar-refractivity contribution in [3.05, 3.63) is 134 Å². The number of hydrogen-bond donors (Lipinski definition) is 3. The zero-order valence-electron chi connectivity index (χ0n) is 44.3. The highest BCUT2D eigenvalue weighted by molar-refractivity contribution is 5.76. The van der Waals surface area contributed by atoms with Gasteiger partial charge >= 0.3 is 0 Å². The van der Waals surface area contributed by atoms with Crippen LogP contribution in [-0.2, 0) is 4.79 Å². The fourth-order valence-corrected chi connectivity index (χ4v) is 7.85. The molecule has 0 heterocycles. The van der Waals surface area contributed by atoms with Crippen LogP contribution < -0.4 is 5.32 Å². The number of aliphatic hydroxyl groups excluding tert-OH is 2. The summed E-state index contributed by atoms with van der Waals surface area (Å²) in [7, 11) is 0. The van der Waals surface area contributed by atoms with Crippen LogP contribution in [0.3, 0.4) is 0 Å². The van der Waals surface area contributed by atoms with E-state index in [2.05, 4.69) is 141 Å². The summed E-state index contributed by atoms with van der Waals surface area (Å²) >= 11 is 0. The van der Waals surface area contributed by atoms with E-state index >= 15 is 0 Å². The molecule has 4 heteroatoms. The second-order valence-corrected chi connectivity index (χ2v) is 18.6. The van der Waals surface area contributed by atoms with Crippen molar-refractivity contribution in [2.24, 2.45) is 0 Å². The van der Waals surface area contributed by atoms with E-state index in [0.29, 0.717) is 6.42 Å². The lowest BCUT2D eigenvalue weighted by Gasteiger charge is -2.20. The Hall–Kier alpha value is -3.47. The lowest BCUT2D eigenvalue weighted by Crippen LogP contribution is -2.45. The van der Waals surface area contributed by atoms with Crippen LogP contribution in [0.4, 0.5) is 0 Å². The molecule has 0 aliphatic carbocycles. The van der Waals surface area contributed by atoms with Gasteiger partial charge in [0.2, 0.25) is 5.91 Å². The molecule has 0 radical (unpaired) electrons. The van der Waals surface area contributed by atoms with Crippen molar-refractivity contribution in [2.75, 3.05) is 6.61 Å². The molecule has 3 N–H and O–H groups in total. The summed E-state index contributed by atoms with van der Waals surface area (Å²) in [4.78, 5) is 12.5. The number of unbranched alkanes of at least 4 members (excludes halogenated alkanes) is 23.